The molecule has 0 heterocycles. The van der Waals surface area contributed by atoms with Crippen LogP contribution in [0.25, 0.3) is 0 Å². The molecule has 2 N–H and O–H groups in total. The van der Waals surface area contributed by atoms with Gasteiger partial charge in [0.1, 0.15) is 4.90 Å². The summed E-state index contributed by atoms with van der Waals surface area (Å²) in [5.74, 6) is -1.11. The van der Waals surface area contributed by atoms with E-state index < -0.39 is 16.0 Å². The normalized spacial score (nSPS) is 11.5. The predicted octanol–water partition coefficient (Wildman–Crippen LogP) is 2.40. The van der Waals surface area contributed by atoms with E-state index >= 15 is 0 Å². The molecular weight excluding hydrogens is 325 g/mol. The topological polar surface area (TPSA) is 83.5 Å². The van der Waals surface area contributed by atoms with E-state index in [0.717, 1.165) is 6.07 Å². The van der Waals surface area contributed by atoms with Crippen LogP contribution >= 0.6 is 34.8 Å². The number of nitrogens with one attached hydrogen (secondary N) is 1. The summed E-state index contributed by atoms with van der Waals surface area (Å²) in [7, 11) is -3.91. The molecule has 0 saturated heterocycles. The van der Waals surface area contributed by atoms with Gasteiger partial charge in [0.15, 0.2) is 0 Å². The first kappa shape index (κ1) is 15.5. The highest BCUT2D eigenvalue weighted by Gasteiger charge is 2.19. The molecule has 0 saturated carbocycles. The lowest BCUT2D eigenvalue weighted by molar-refractivity contribution is -0.136. The predicted molar refractivity (Wildman–Crippen MR) is 68.9 cm³/mol. The minimum atomic E-state index is -3.91. The summed E-state index contributed by atoms with van der Waals surface area (Å²) >= 11 is 17.1. The van der Waals surface area contributed by atoms with Crippen molar-refractivity contribution < 1.29 is 18.3 Å². The summed E-state index contributed by atoms with van der Waals surface area (Å²) in [6, 6.07) is 2.31. The number of rotatable bonds is 5. The van der Waals surface area contributed by atoms with Gasteiger partial charge in [-0.25, -0.2) is 13.1 Å². The first-order valence-electron chi connectivity index (χ1n) is 4.60. The van der Waals surface area contributed by atoms with E-state index in [4.69, 9.17) is 39.9 Å². The van der Waals surface area contributed by atoms with E-state index in [0.29, 0.717) is 0 Å². The standard InChI is InChI=1S/C9H8Cl3NO4S/c10-5-3-7(12)8(4-6(5)11)18(16,17)13-2-1-9(14)15/h3-4,13H,1-2H2,(H,14,15). The average Bonchev–Trinajstić information content (AvgIpc) is 2.22. The molecule has 1 aromatic rings. The van der Waals surface area contributed by atoms with Crippen molar-refractivity contribution in [2.24, 2.45) is 0 Å². The van der Waals surface area contributed by atoms with Crippen LogP contribution in [0.15, 0.2) is 17.0 Å². The Balaban J connectivity index is 2.98. The maximum atomic E-state index is 11.8. The number of hydrogen-bond donors (Lipinski definition) is 2. The first-order valence-corrected chi connectivity index (χ1v) is 7.22. The Morgan fingerprint density at radius 1 is 1.17 bits per heavy atom. The molecule has 0 unspecified atom stereocenters. The number of benzene rings is 1. The maximum absolute atomic E-state index is 11.8. The largest absolute Gasteiger partial charge is 0.481 e. The van der Waals surface area contributed by atoms with Gasteiger partial charge in [0.25, 0.3) is 0 Å². The molecular formula is C9H8Cl3NO4S. The zero-order valence-corrected chi connectivity index (χ0v) is 11.9. The van der Waals surface area contributed by atoms with Crippen molar-refractivity contribution in [2.45, 2.75) is 11.3 Å². The van der Waals surface area contributed by atoms with Crippen LogP contribution < -0.4 is 4.72 Å². The van der Waals surface area contributed by atoms with E-state index in [1.807, 2.05) is 0 Å². The van der Waals surface area contributed by atoms with Crippen molar-refractivity contribution in [3.8, 4) is 0 Å². The van der Waals surface area contributed by atoms with Gasteiger partial charge in [-0.1, -0.05) is 34.8 Å². The van der Waals surface area contributed by atoms with Crippen LogP contribution in [0, 0.1) is 0 Å². The van der Waals surface area contributed by atoms with Crippen molar-refractivity contribution in [2.75, 3.05) is 6.54 Å². The summed E-state index contributed by atoms with van der Waals surface area (Å²) < 4.78 is 25.7. The van der Waals surface area contributed by atoms with Crippen LogP contribution in [0.2, 0.25) is 15.1 Å². The Bertz CT molecular complexity index is 573. The van der Waals surface area contributed by atoms with Crippen LogP contribution in [0.4, 0.5) is 0 Å². The van der Waals surface area contributed by atoms with Gasteiger partial charge in [0, 0.05) is 6.54 Å². The Morgan fingerprint density at radius 3 is 2.28 bits per heavy atom. The van der Waals surface area contributed by atoms with Crippen LogP contribution in [-0.4, -0.2) is 26.0 Å². The number of halogens is 3. The van der Waals surface area contributed by atoms with Crippen molar-refractivity contribution in [1.82, 2.24) is 4.72 Å². The van der Waals surface area contributed by atoms with Crippen molar-refractivity contribution >= 4 is 50.8 Å². The molecule has 5 nitrogen and oxygen atoms in total. The van der Waals surface area contributed by atoms with Gasteiger partial charge in [-0.3, -0.25) is 4.79 Å². The molecule has 0 aliphatic rings. The highest BCUT2D eigenvalue weighted by Crippen LogP contribution is 2.31. The van der Waals surface area contributed by atoms with E-state index in [2.05, 4.69) is 4.72 Å². The fourth-order valence-corrected chi connectivity index (χ4v) is 3.11. The molecule has 1 rings (SSSR count). The molecule has 1 aromatic carbocycles. The van der Waals surface area contributed by atoms with Crippen LogP contribution in [0.1, 0.15) is 6.42 Å². The van der Waals surface area contributed by atoms with Crippen molar-refractivity contribution in [3.05, 3.63) is 27.2 Å². The molecule has 0 aliphatic carbocycles. The number of sulfonamides is 1. The second-order valence-electron chi connectivity index (χ2n) is 3.24. The Hall–Kier alpha value is -0.530. The molecule has 0 aliphatic heterocycles. The minimum Gasteiger partial charge on any atom is -0.481 e. The third-order valence-corrected chi connectivity index (χ3v) is 4.54. The lowest BCUT2D eigenvalue weighted by atomic mass is 10.4. The number of aliphatic carboxylic acids is 1. The molecule has 0 amide bonds. The average molecular weight is 333 g/mol. The van der Waals surface area contributed by atoms with Gasteiger partial charge >= 0.3 is 5.97 Å². The van der Waals surface area contributed by atoms with Gasteiger partial charge in [0.2, 0.25) is 10.0 Å². The fraction of sp³-hybridized carbons (Fsp3) is 0.222. The summed E-state index contributed by atoms with van der Waals surface area (Å²) in [5, 5.41) is 8.50. The van der Waals surface area contributed by atoms with Gasteiger partial charge in [0.05, 0.1) is 21.5 Å². The van der Waals surface area contributed by atoms with Crippen LogP contribution in [-0.2, 0) is 14.8 Å². The zero-order valence-electron chi connectivity index (χ0n) is 8.78. The summed E-state index contributed by atoms with van der Waals surface area (Å²) in [6.45, 7) is -0.242. The molecule has 0 radical (unpaired) electrons. The van der Waals surface area contributed by atoms with Gasteiger partial charge < -0.3 is 5.11 Å². The van der Waals surface area contributed by atoms with Crippen molar-refractivity contribution in [3.63, 3.8) is 0 Å². The van der Waals surface area contributed by atoms with Gasteiger partial charge in [-0.15, -0.1) is 0 Å². The SMILES string of the molecule is O=C(O)CCNS(=O)(=O)c1cc(Cl)c(Cl)cc1Cl. The second-order valence-corrected chi connectivity index (χ2v) is 6.20. The fourth-order valence-electron chi connectivity index (χ4n) is 1.08. The smallest absolute Gasteiger partial charge is 0.304 e. The first-order chi connectivity index (χ1) is 8.24. The van der Waals surface area contributed by atoms with E-state index in [9.17, 15) is 13.2 Å². The van der Waals surface area contributed by atoms with Crippen LogP contribution in [0.5, 0.6) is 0 Å². The molecule has 100 valence electrons. The number of hydrogen-bond acceptors (Lipinski definition) is 3. The molecule has 0 spiro atoms. The highest BCUT2D eigenvalue weighted by atomic mass is 35.5. The minimum absolute atomic E-state index is 0.0414. The lowest BCUT2D eigenvalue weighted by Crippen LogP contribution is -2.26. The molecule has 0 aromatic heterocycles. The summed E-state index contributed by atoms with van der Waals surface area (Å²) in [6.07, 6.45) is -0.335. The number of carboxylic acids is 1. The van der Waals surface area contributed by atoms with Crippen molar-refractivity contribution in [1.29, 1.82) is 0 Å². The monoisotopic (exact) mass is 331 g/mol. The van der Waals surface area contributed by atoms with E-state index in [-0.39, 0.29) is 32.9 Å². The molecule has 0 bridgehead atoms. The number of carbonyl (C=O) groups is 1. The second kappa shape index (κ2) is 6.08. The maximum Gasteiger partial charge on any atom is 0.304 e. The molecule has 0 atom stereocenters. The van der Waals surface area contributed by atoms with E-state index in [1.54, 1.807) is 0 Å². The van der Waals surface area contributed by atoms with Crippen LogP contribution in [0.3, 0.4) is 0 Å². The molecule has 9 heteroatoms. The van der Waals surface area contributed by atoms with Gasteiger partial charge in [-0.05, 0) is 12.1 Å². The quantitative estimate of drug-likeness (QED) is 0.811. The Labute approximate surface area is 119 Å². The number of carboxylic acid groups (broad SMARTS) is 1. The Morgan fingerprint density at radius 2 is 1.72 bits per heavy atom. The lowest BCUT2D eigenvalue weighted by Gasteiger charge is -2.08. The van der Waals surface area contributed by atoms with E-state index in [1.165, 1.54) is 6.07 Å². The van der Waals surface area contributed by atoms with Gasteiger partial charge in [-0.2, -0.15) is 0 Å². The molecule has 18 heavy (non-hydrogen) atoms. The Kier molecular flexibility index (Phi) is 5.24. The zero-order chi connectivity index (χ0) is 13.9. The third kappa shape index (κ3) is 4.00. The highest BCUT2D eigenvalue weighted by molar-refractivity contribution is 7.89. The third-order valence-electron chi connectivity index (χ3n) is 1.90. The summed E-state index contributed by atoms with van der Waals surface area (Å²) in [5.41, 5.74) is 0. The molecule has 0 fully saturated rings. The summed E-state index contributed by atoms with van der Waals surface area (Å²) in [4.78, 5) is 10.0.